The minimum absolute atomic E-state index is 0.0346. The fourth-order valence-corrected chi connectivity index (χ4v) is 3.65. The maximum atomic E-state index is 12.6. The molecular weight excluding hydrogens is 294 g/mol. The predicted molar refractivity (Wildman–Crippen MR) is 78.2 cm³/mol. The highest BCUT2D eigenvalue weighted by Gasteiger charge is 2.24. The Morgan fingerprint density at radius 1 is 1.24 bits per heavy atom. The van der Waals surface area contributed by atoms with Crippen molar-refractivity contribution in [2.75, 3.05) is 32.9 Å². The van der Waals surface area contributed by atoms with E-state index in [4.69, 9.17) is 14.6 Å². The van der Waals surface area contributed by atoms with Crippen LogP contribution in [0.25, 0.3) is 0 Å². The van der Waals surface area contributed by atoms with Crippen LogP contribution in [-0.2, 0) is 10.0 Å². The van der Waals surface area contributed by atoms with Gasteiger partial charge >= 0.3 is 0 Å². The van der Waals surface area contributed by atoms with E-state index in [1.165, 1.54) is 16.4 Å². The van der Waals surface area contributed by atoms with Crippen molar-refractivity contribution in [3.8, 4) is 11.5 Å². The second kappa shape index (κ2) is 7.11. The van der Waals surface area contributed by atoms with Crippen LogP contribution in [0.3, 0.4) is 0 Å². The topological polar surface area (TPSA) is 76.1 Å². The number of hydrogen-bond acceptors (Lipinski definition) is 5. The molecule has 0 fully saturated rings. The van der Waals surface area contributed by atoms with E-state index in [0.29, 0.717) is 44.2 Å². The van der Waals surface area contributed by atoms with Crippen molar-refractivity contribution >= 4 is 10.0 Å². The molecule has 0 saturated heterocycles. The van der Waals surface area contributed by atoms with Crippen LogP contribution < -0.4 is 9.47 Å². The van der Waals surface area contributed by atoms with Crippen LogP contribution in [0.5, 0.6) is 11.5 Å². The molecule has 0 amide bonds. The standard InChI is InChI=1S/C14H21NO5S/c1-2-15(7-3-8-16)21(17,18)12-5-6-13-14(11-12)20-10-4-9-19-13/h5-6,11,16H,2-4,7-10H2,1H3. The first-order valence-electron chi connectivity index (χ1n) is 7.10. The molecule has 1 heterocycles. The number of aliphatic hydroxyl groups excluding tert-OH is 1. The Bertz CT molecular complexity index is 573. The average Bonchev–Trinajstić information content (AvgIpc) is 2.72. The van der Waals surface area contributed by atoms with Crippen molar-refractivity contribution in [3.05, 3.63) is 18.2 Å². The fourth-order valence-electron chi connectivity index (χ4n) is 2.15. The molecule has 0 unspecified atom stereocenters. The Hall–Kier alpha value is -1.31. The zero-order chi connectivity index (χ0) is 15.3. The Balaban J connectivity index is 2.29. The predicted octanol–water partition coefficient (Wildman–Crippen LogP) is 1.24. The summed E-state index contributed by atoms with van der Waals surface area (Å²) < 4.78 is 37.6. The van der Waals surface area contributed by atoms with Crippen molar-refractivity contribution in [1.29, 1.82) is 0 Å². The van der Waals surface area contributed by atoms with Crippen LogP contribution >= 0.6 is 0 Å². The van der Waals surface area contributed by atoms with E-state index in [0.717, 1.165) is 6.42 Å². The van der Waals surface area contributed by atoms with Crippen LogP contribution in [0.1, 0.15) is 19.8 Å². The lowest BCUT2D eigenvalue weighted by atomic mass is 10.3. The molecule has 2 rings (SSSR count). The number of ether oxygens (including phenoxy) is 2. The third kappa shape index (κ3) is 3.66. The van der Waals surface area contributed by atoms with Gasteiger partial charge in [0.1, 0.15) is 0 Å². The normalized spacial score (nSPS) is 15.0. The second-order valence-electron chi connectivity index (χ2n) is 4.73. The molecule has 1 aliphatic rings. The van der Waals surface area contributed by atoms with Gasteiger partial charge in [-0.15, -0.1) is 0 Å². The van der Waals surface area contributed by atoms with Gasteiger partial charge < -0.3 is 14.6 Å². The molecule has 6 nitrogen and oxygen atoms in total. The molecule has 1 aliphatic heterocycles. The molecule has 7 heteroatoms. The average molecular weight is 315 g/mol. The number of nitrogens with zero attached hydrogens (tertiary/aromatic N) is 1. The van der Waals surface area contributed by atoms with Gasteiger partial charge in [0, 0.05) is 32.2 Å². The summed E-state index contributed by atoms with van der Waals surface area (Å²) in [5.74, 6) is 1.04. The molecule has 0 bridgehead atoms. The highest BCUT2D eigenvalue weighted by molar-refractivity contribution is 7.89. The first-order chi connectivity index (χ1) is 10.1. The van der Waals surface area contributed by atoms with Crippen LogP contribution in [-0.4, -0.2) is 50.7 Å². The Kier molecular flexibility index (Phi) is 5.44. The van der Waals surface area contributed by atoms with Gasteiger partial charge in [0.2, 0.25) is 10.0 Å². The summed E-state index contributed by atoms with van der Waals surface area (Å²) >= 11 is 0. The zero-order valence-electron chi connectivity index (χ0n) is 12.1. The Morgan fingerprint density at radius 2 is 1.95 bits per heavy atom. The van der Waals surface area contributed by atoms with Crippen LogP contribution in [0.4, 0.5) is 0 Å². The van der Waals surface area contributed by atoms with Gasteiger partial charge in [-0.05, 0) is 18.6 Å². The van der Waals surface area contributed by atoms with Gasteiger partial charge in [0.15, 0.2) is 11.5 Å². The number of aliphatic hydroxyl groups is 1. The van der Waals surface area contributed by atoms with E-state index in [1.54, 1.807) is 13.0 Å². The Labute approximate surface area is 125 Å². The van der Waals surface area contributed by atoms with Gasteiger partial charge in [-0.3, -0.25) is 0 Å². The summed E-state index contributed by atoms with van der Waals surface area (Å²) in [6.45, 7) is 3.47. The van der Waals surface area contributed by atoms with Crippen molar-refractivity contribution in [1.82, 2.24) is 4.31 Å². The highest BCUT2D eigenvalue weighted by Crippen LogP contribution is 2.32. The van der Waals surface area contributed by atoms with E-state index >= 15 is 0 Å². The molecule has 0 aliphatic carbocycles. The smallest absolute Gasteiger partial charge is 0.243 e. The maximum absolute atomic E-state index is 12.6. The number of hydrogen-bond donors (Lipinski definition) is 1. The molecule has 1 aromatic carbocycles. The zero-order valence-corrected chi connectivity index (χ0v) is 12.9. The summed E-state index contributed by atoms with van der Waals surface area (Å²) in [4.78, 5) is 0.187. The molecule has 0 saturated carbocycles. The first kappa shape index (κ1) is 16.1. The van der Waals surface area contributed by atoms with Gasteiger partial charge in [-0.2, -0.15) is 4.31 Å². The van der Waals surface area contributed by atoms with E-state index in [-0.39, 0.29) is 11.5 Å². The summed E-state index contributed by atoms with van der Waals surface area (Å²) in [7, 11) is -3.58. The van der Waals surface area contributed by atoms with Gasteiger partial charge in [0.05, 0.1) is 18.1 Å². The number of sulfonamides is 1. The van der Waals surface area contributed by atoms with Crippen molar-refractivity contribution < 1.29 is 23.0 Å². The molecule has 0 spiro atoms. The van der Waals surface area contributed by atoms with Gasteiger partial charge in [-0.25, -0.2) is 8.42 Å². The molecule has 0 aromatic heterocycles. The van der Waals surface area contributed by atoms with Gasteiger partial charge in [0.25, 0.3) is 0 Å². The lowest BCUT2D eigenvalue weighted by molar-refractivity contribution is 0.271. The molecule has 118 valence electrons. The van der Waals surface area contributed by atoms with Crippen LogP contribution in [0.15, 0.2) is 23.1 Å². The summed E-state index contributed by atoms with van der Waals surface area (Å²) in [6.07, 6.45) is 1.19. The Morgan fingerprint density at radius 3 is 2.62 bits per heavy atom. The third-order valence-corrected chi connectivity index (χ3v) is 5.25. The monoisotopic (exact) mass is 315 g/mol. The first-order valence-corrected chi connectivity index (χ1v) is 8.54. The molecular formula is C14H21NO5S. The van der Waals surface area contributed by atoms with E-state index < -0.39 is 10.0 Å². The lowest BCUT2D eigenvalue weighted by Gasteiger charge is -2.20. The minimum atomic E-state index is -3.58. The number of benzene rings is 1. The SMILES string of the molecule is CCN(CCCO)S(=O)(=O)c1ccc2c(c1)OCCCO2. The van der Waals surface area contributed by atoms with Crippen LogP contribution in [0, 0.1) is 0 Å². The van der Waals surface area contributed by atoms with Crippen molar-refractivity contribution in [3.63, 3.8) is 0 Å². The molecule has 0 atom stereocenters. The molecule has 1 aromatic rings. The van der Waals surface area contributed by atoms with Crippen molar-refractivity contribution in [2.45, 2.75) is 24.7 Å². The minimum Gasteiger partial charge on any atom is -0.490 e. The third-order valence-electron chi connectivity index (χ3n) is 3.28. The summed E-state index contributed by atoms with van der Waals surface area (Å²) in [6, 6.07) is 4.68. The van der Waals surface area contributed by atoms with E-state index in [1.807, 2.05) is 0 Å². The van der Waals surface area contributed by atoms with Crippen LogP contribution in [0.2, 0.25) is 0 Å². The summed E-state index contributed by atoms with van der Waals surface area (Å²) in [5, 5.41) is 8.88. The molecule has 0 radical (unpaired) electrons. The molecule has 1 N–H and O–H groups in total. The largest absolute Gasteiger partial charge is 0.490 e. The summed E-state index contributed by atoms with van der Waals surface area (Å²) in [5.41, 5.74) is 0. The molecule has 21 heavy (non-hydrogen) atoms. The number of rotatable bonds is 6. The second-order valence-corrected chi connectivity index (χ2v) is 6.67. The van der Waals surface area contributed by atoms with Gasteiger partial charge in [-0.1, -0.05) is 6.92 Å². The number of fused-ring (bicyclic) bond motifs is 1. The maximum Gasteiger partial charge on any atom is 0.243 e. The quantitative estimate of drug-likeness (QED) is 0.855. The lowest BCUT2D eigenvalue weighted by Crippen LogP contribution is -2.32. The van der Waals surface area contributed by atoms with E-state index in [9.17, 15) is 8.42 Å². The van der Waals surface area contributed by atoms with Crippen molar-refractivity contribution in [2.24, 2.45) is 0 Å². The van der Waals surface area contributed by atoms with E-state index in [2.05, 4.69) is 0 Å². The highest BCUT2D eigenvalue weighted by atomic mass is 32.2. The fraction of sp³-hybridized carbons (Fsp3) is 0.571.